The van der Waals surface area contributed by atoms with E-state index in [-0.39, 0.29) is 0 Å². The molecule has 0 atom stereocenters. The van der Waals surface area contributed by atoms with Gasteiger partial charge in [0.1, 0.15) is 0 Å². The van der Waals surface area contributed by atoms with Gasteiger partial charge in [0.15, 0.2) is 6.20 Å². The Labute approximate surface area is 82.3 Å². The molecule has 0 aliphatic rings. The minimum absolute atomic E-state index is 0.691. The Kier molecular flexibility index (Phi) is 4.64. The van der Waals surface area contributed by atoms with Crippen LogP contribution in [0.25, 0.3) is 0 Å². The first-order chi connectivity index (χ1) is 6.34. The van der Waals surface area contributed by atoms with Crippen molar-refractivity contribution in [3.63, 3.8) is 0 Å². The highest BCUT2D eigenvalue weighted by Gasteiger charge is 2.02. The molecule has 13 heavy (non-hydrogen) atoms. The summed E-state index contributed by atoms with van der Waals surface area (Å²) in [6.45, 7) is 3.38. The van der Waals surface area contributed by atoms with Crippen molar-refractivity contribution in [1.82, 2.24) is 0 Å². The van der Waals surface area contributed by atoms with Gasteiger partial charge in [-0.2, -0.15) is 4.73 Å². The van der Waals surface area contributed by atoms with Crippen LogP contribution >= 0.6 is 11.8 Å². The first kappa shape index (κ1) is 10.3. The number of hydrogen-bond acceptors (Lipinski definition) is 3. The second-order valence-electron chi connectivity index (χ2n) is 2.41. The third-order valence-corrected chi connectivity index (χ3v) is 2.45. The molecule has 1 aromatic rings. The molecule has 0 bridgehead atoms. The number of aromatic nitrogens is 1. The van der Waals surface area contributed by atoms with Crippen LogP contribution in [0.4, 0.5) is 0 Å². The number of ether oxygens (including phenoxy) is 1. The summed E-state index contributed by atoms with van der Waals surface area (Å²) in [6, 6.07) is 5.39. The summed E-state index contributed by atoms with van der Waals surface area (Å²) in [5, 5.41) is 11.9. The van der Waals surface area contributed by atoms with Gasteiger partial charge >= 0.3 is 0 Å². The van der Waals surface area contributed by atoms with Crippen molar-refractivity contribution in [3.8, 4) is 0 Å². The molecule has 0 N–H and O–H groups in total. The molecule has 0 spiro atoms. The summed E-state index contributed by atoms with van der Waals surface area (Å²) in [5.74, 6) is 0.820. The van der Waals surface area contributed by atoms with E-state index in [4.69, 9.17) is 4.74 Å². The molecule has 0 unspecified atom stereocenters. The van der Waals surface area contributed by atoms with E-state index in [2.05, 4.69) is 0 Å². The Morgan fingerprint density at radius 1 is 1.54 bits per heavy atom. The minimum atomic E-state index is 0.691. The number of hydrogen-bond donors (Lipinski definition) is 0. The van der Waals surface area contributed by atoms with Gasteiger partial charge in [0.05, 0.1) is 6.61 Å². The van der Waals surface area contributed by atoms with Crippen LogP contribution in [0.1, 0.15) is 6.92 Å². The smallest absolute Gasteiger partial charge is 0.251 e. The molecular weight excluding hydrogens is 186 g/mol. The second kappa shape index (κ2) is 5.83. The molecule has 0 aromatic carbocycles. The summed E-state index contributed by atoms with van der Waals surface area (Å²) < 4.78 is 6.03. The largest absolute Gasteiger partial charge is 0.618 e. The molecule has 4 heteroatoms. The van der Waals surface area contributed by atoms with Crippen LogP contribution in [0.2, 0.25) is 0 Å². The average Bonchev–Trinajstić information content (AvgIpc) is 2.15. The summed E-state index contributed by atoms with van der Waals surface area (Å²) in [5.41, 5.74) is 0. The molecule has 0 amide bonds. The van der Waals surface area contributed by atoms with Crippen molar-refractivity contribution in [3.05, 3.63) is 29.6 Å². The molecule has 0 saturated carbocycles. The average molecular weight is 199 g/mol. The fourth-order valence-electron chi connectivity index (χ4n) is 0.874. The van der Waals surface area contributed by atoms with Crippen LogP contribution in [-0.2, 0) is 4.74 Å². The Hall–Kier alpha value is -0.740. The molecule has 72 valence electrons. The molecule has 1 rings (SSSR count). The highest BCUT2D eigenvalue weighted by molar-refractivity contribution is 7.99. The van der Waals surface area contributed by atoms with E-state index in [0.717, 1.165) is 22.1 Å². The fraction of sp³-hybridized carbons (Fsp3) is 0.444. The molecule has 0 saturated heterocycles. The van der Waals surface area contributed by atoms with Gasteiger partial charge in [0.2, 0.25) is 0 Å². The predicted molar refractivity (Wildman–Crippen MR) is 52.6 cm³/mol. The van der Waals surface area contributed by atoms with Crippen molar-refractivity contribution >= 4 is 11.8 Å². The lowest BCUT2D eigenvalue weighted by Crippen LogP contribution is -2.27. The lowest BCUT2D eigenvalue weighted by atomic mass is 10.5. The van der Waals surface area contributed by atoms with Gasteiger partial charge in [-0.05, 0) is 13.0 Å². The molecule has 0 aliphatic heterocycles. The quantitative estimate of drug-likeness (QED) is 0.312. The maximum absolute atomic E-state index is 11.1. The molecule has 0 fully saturated rings. The lowest BCUT2D eigenvalue weighted by molar-refractivity contribution is -0.645. The predicted octanol–water partition coefficient (Wildman–Crippen LogP) is 1.45. The summed E-state index contributed by atoms with van der Waals surface area (Å²) in [7, 11) is 0. The Bertz CT molecular complexity index is 255. The van der Waals surface area contributed by atoms with E-state index in [1.54, 1.807) is 6.07 Å². The fourth-order valence-corrected chi connectivity index (χ4v) is 1.65. The van der Waals surface area contributed by atoms with Gasteiger partial charge in [0, 0.05) is 24.5 Å². The summed E-state index contributed by atoms with van der Waals surface area (Å²) in [4.78, 5) is 0. The molecule has 1 heterocycles. The van der Waals surface area contributed by atoms with Gasteiger partial charge in [0.25, 0.3) is 5.03 Å². The van der Waals surface area contributed by atoms with Crippen LogP contribution in [-0.4, -0.2) is 19.0 Å². The van der Waals surface area contributed by atoms with Gasteiger partial charge in [-0.1, -0.05) is 11.8 Å². The van der Waals surface area contributed by atoms with Crippen molar-refractivity contribution in [2.24, 2.45) is 0 Å². The monoisotopic (exact) mass is 199 g/mol. The van der Waals surface area contributed by atoms with E-state index in [0.29, 0.717) is 6.61 Å². The Balaban J connectivity index is 2.32. The van der Waals surface area contributed by atoms with Gasteiger partial charge in [-0.15, -0.1) is 0 Å². The van der Waals surface area contributed by atoms with Gasteiger partial charge in [-0.25, -0.2) is 0 Å². The third-order valence-electron chi connectivity index (χ3n) is 1.47. The molecule has 1 aromatic heterocycles. The van der Waals surface area contributed by atoms with Crippen LogP contribution < -0.4 is 4.73 Å². The van der Waals surface area contributed by atoms with Crippen LogP contribution in [0.5, 0.6) is 0 Å². The van der Waals surface area contributed by atoms with Crippen molar-refractivity contribution in [2.45, 2.75) is 11.9 Å². The maximum atomic E-state index is 11.1. The highest BCUT2D eigenvalue weighted by Crippen LogP contribution is 2.11. The number of thioether (sulfide) groups is 1. The number of pyridine rings is 1. The molecule has 0 aliphatic carbocycles. The van der Waals surface area contributed by atoms with Crippen molar-refractivity contribution in [1.29, 1.82) is 0 Å². The van der Waals surface area contributed by atoms with E-state index >= 15 is 0 Å². The third kappa shape index (κ3) is 3.65. The zero-order chi connectivity index (χ0) is 9.52. The second-order valence-corrected chi connectivity index (χ2v) is 3.53. The van der Waals surface area contributed by atoms with Gasteiger partial charge < -0.3 is 9.94 Å². The van der Waals surface area contributed by atoms with Crippen LogP contribution in [0.15, 0.2) is 29.4 Å². The summed E-state index contributed by atoms with van der Waals surface area (Å²) in [6.07, 6.45) is 1.50. The summed E-state index contributed by atoms with van der Waals surface area (Å²) >= 11 is 1.51. The van der Waals surface area contributed by atoms with Crippen molar-refractivity contribution < 1.29 is 9.47 Å². The van der Waals surface area contributed by atoms with E-state index in [1.807, 2.05) is 19.1 Å². The highest BCUT2D eigenvalue weighted by atomic mass is 32.2. The lowest BCUT2D eigenvalue weighted by Gasteiger charge is -2.02. The maximum Gasteiger partial charge on any atom is 0.251 e. The van der Waals surface area contributed by atoms with E-state index in [9.17, 15) is 5.21 Å². The number of rotatable bonds is 5. The molecular formula is C9H13NO2S. The SMILES string of the molecule is CCOCCSc1cccc[n+]1[O-]. The first-order valence-corrected chi connectivity index (χ1v) is 5.22. The molecule has 0 radical (unpaired) electrons. The Morgan fingerprint density at radius 3 is 3.08 bits per heavy atom. The standard InChI is InChI=1S/C9H13NO2S/c1-2-12-7-8-13-9-5-3-4-6-10(9)11/h3-6H,2,7-8H2,1H3. The Morgan fingerprint density at radius 2 is 2.38 bits per heavy atom. The molecule has 3 nitrogen and oxygen atoms in total. The first-order valence-electron chi connectivity index (χ1n) is 4.23. The topological polar surface area (TPSA) is 36.2 Å². The van der Waals surface area contributed by atoms with E-state index in [1.165, 1.54) is 18.0 Å². The van der Waals surface area contributed by atoms with E-state index < -0.39 is 0 Å². The zero-order valence-corrected chi connectivity index (χ0v) is 8.42. The zero-order valence-electron chi connectivity index (χ0n) is 7.60. The van der Waals surface area contributed by atoms with Crippen LogP contribution in [0, 0.1) is 5.21 Å². The van der Waals surface area contributed by atoms with Gasteiger partial charge in [-0.3, -0.25) is 0 Å². The minimum Gasteiger partial charge on any atom is -0.618 e. The number of nitrogens with zero attached hydrogens (tertiary/aromatic N) is 1. The van der Waals surface area contributed by atoms with Crippen molar-refractivity contribution in [2.75, 3.05) is 19.0 Å². The van der Waals surface area contributed by atoms with Crippen LogP contribution in [0.3, 0.4) is 0 Å². The normalized spacial score (nSPS) is 10.2.